The van der Waals surface area contributed by atoms with Gasteiger partial charge in [-0.05, 0) is 60.9 Å². The molecule has 1 aliphatic rings. The predicted molar refractivity (Wildman–Crippen MR) is 102 cm³/mol. The molecule has 126 valence electrons. The van der Waals surface area contributed by atoms with Crippen molar-refractivity contribution in [1.82, 2.24) is 9.99 Å². The zero-order valence-corrected chi connectivity index (χ0v) is 14.7. The number of rotatable bonds is 3. The lowest BCUT2D eigenvalue weighted by molar-refractivity contribution is 0.337. The minimum Gasteiger partial charge on any atom is -0.278 e. The quantitative estimate of drug-likeness (QED) is 0.585. The monoisotopic (exact) mass is 330 g/mol. The first-order chi connectivity index (χ1) is 12.2. The summed E-state index contributed by atoms with van der Waals surface area (Å²) in [4.78, 5) is 4.27. The van der Waals surface area contributed by atoms with Crippen molar-refractivity contribution in [3.05, 3.63) is 59.9 Å². The molecule has 1 aromatic heterocycles. The first-order valence-electron chi connectivity index (χ1n) is 8.84. The Bertz CT molecular complexity index is 940. The van der Waals surface area contributed by atoms with Crippen LogP contribution >= 0.6 is 0 Å². The highest BCUT2D eigenvalue weighted by molar-refractivity contribution is 5.95. The van der Waals surface area contributed by atoms with Crippen molar-refractivity contribution in [2.24, 2.45) is 10.3 Å². The summed E-state index contributed by atoms with van der Waals surface area (Å²) in [5.41, 5.74) is 5.75. The molecule has 0 bridgehead atoms. The molecule has 0 unspecified atom stereocenters. The van der Waals surface area contributed by atoms with Crippen LogP contribution in [-0.2, 0) is 0 Å². The van der Waals surface area contributed by atoms with E-state index >= 15 is 0 Å². The van der Waals surface area contributed by atoms with Crippen molar-refractivity contribution in [3.8, 4) is 11.1 Å². The van der Waals surface area contributed by atoms with E-state index in [1.807, 2.05) is 24.5 Å². The molecule has 4 rings (SSSR count). The molecule has 25 heavy (non-hydrogen) atoms. The number of pyridine rings is 1. The molecule has 1 saturated heterocycles. The average Bonchev–Trinajstić information content (AvgIpc) is 3.17. The molecule has 3 aromatic rings. The molecule has 4 heteroatoms. The van der Waals surface area contributed by atoms with Crippen molar-refractivity contribution in [2.45, 2.75) is 26.7 Å². The second kappa shape index (κ2) is 6.63. The second-order valence-corrected chi connectivity index (χ2v) is 6.65. The van der Waals surface area contributed by atoms with Gasteiger partial charge in [0, 0.05) is 36.4 Å². The largest absolute Gasteiger partial charge is 0.278 e. The zero-order valence-electron chi connectivity index (χ0n) is 14.7. The number of aryl methyl sites for hydroxylation is 2. The molecule has 2 heterocycles. The van der Waals surface area contributed by atoms with Crippen LogP contribution < -0.4 is 0 Å². The molecule has 0 amide bonds. The fourth-order valence-electron chi connectivity index (χ4n) is 3.55. The molecule has 0 atom stereocenters. The Morgan fingerprint density at radius 1 is 0.960 bits per heavy atom. The van der Waals surface area contributed by atoms with Gasteiger partial charge in [-0.25, -0.2) is 0 Å². The van der Waals surface area contributed by atoms with E-state index < -0.39 is 0 Å². The maximum atomic E-state index is 4.55. The Morgan fingerprint density at radius 3 is 2.60 bits per heavy atom. The van der Waals surface area contributed by atoms with E-state index in [2.05, 4.69) is 58.4 Å². The lowest BCUT2D eigenvalue weighted by Gasteiger charge is -2.14. The minimum atomic E-state index is 0.922. The first kappa shape index (κ1) is 15.8. The number of hydrogen-bond acceptors (Lipinski definition) is 3. The molecule has 2 aromatic carbocycles. The predicted octanol–water partition coefficient (Wildman–Crippen LogP) is 5.61. The Kier molecular flexibility index (Phi) is 4.18. The van der Waals surface area contributed by atoms with Gasteiger partial charge in [0.25, 0.3) is 0 Å². The van der Waals surface area contributed by atoms with E-state index in [0.29, 0.717) is 0 Å². The summed E-state index contributed by atoms with van der Waals surface area (Å²) in [6.07, 6.45) is 6.22. The number of fused-ring (bicyclic) bond motifs is 1. The molecule has 0 N–H and O–H groups in total. The molecular formula is C21H22N4. The number of nitrogens with zero attached hydrogens (tertiary/aromatic N) is 4. The summed E-state index contributed by atoms with van der Waals surface area (Å²) in [7, 11) is 0. The van der Waals surface area contributed by atoms with Crippen molar-refractivity contribution in [3.63, 3.8) is 0 Å². The smallest absolute Gasteiger partial charge is 0.0952 e. The maximum Gasteiger partial charge on any atom is 0.0952 e. The lowest BCUT2D eigenvalue weighted by Crippen LogP contribution is -2.09. The molecule has 4 nitrogen and oxygen atoms in total. The van der Waals surface area contributed by atoms with Crippen LogP contribution in [0, 0.1) is 13.8 Å². The summed E-state index contributed by atoms with van der Waals surface area (Å²) in [6.45, 7) is 6.33. The Morgan fingerprint density at radius 2 is 1.76 bits per heavy atom. The normalized spacial score (nSPS) is 14.7. The van der Waals surface area contributed by atoms with Gasteiger partial charge in [-0.1, -0.05) is 29.5 Å². The number of benzene rings is 2. The molecular weight excluding hydrogens is 308 g/mol. The van der Waals surface area contributed by atoms with Crippen LogP contribution in [0.15, 0.2) is 59.1 Å². The first-order valence-corrected chi connectivity index (χ1v) is 8.84. The maximum absolute atomic E-state index is 4.55. The average molecular weight is 330 g/mol. The summed E-state index contributed by atoms with van der Waals surface area (Å²) in [5, 5.41) is 13.5. The van der Waals surface area contributed by atoms with E-state index in [-0.39, 0.29) is 0 Å². The second-order valence-electron chi connectivity index (χ2n) is 6.65. The SMILES string of the molecule is Cc1cc(-c2ccccc2N=NN2CCCC2)c(C)c2ccncc12. The van der Waals surface area contributed by atoms with Gasteiger partial charge in [0.2, 0.25) is 0 Å². The highest BCUT2D eigenvalue weighted by Gasteiger charge is 2.13. The molecule has 0 aliphatic carbocycles. The highest BCUT2D eigenvalue weighted by Crippen LogP contribution is 2.37. The van der Waals surface area contributed by atoms with Crippen LogP contribution in [0.1, 0.15) is 24.0 Å². The van der Waals surface area contributed by atoms with E-state index in [4.69, 9.17) is 0 Å². The van der Waals surface area contributed by atoms with Crippen molar-refractivity contribution < 1.29 is 0 Å². The van der Waals surface area contributed by atoms with E-state index in [0.717, 1.165) is 24.3 Å². The van der Waals surface area contributed by atoms with Crippen LogP contribution in [-0.4, -0.2) is 23.1 Å². The number of hydrogen-bond donors (Lipinski definition) is 0. The molecule has 0 radical (unpaired) electrons. The zero-order chi connectivity index (χ0) is 17.2. The summed E-state index contributed by atoms with van der Waals surface area (Å²) in [5.74, 6) is 0. The third-order valence-corrected chi connectivity index (χ3v) is 4.97. The van der Waals surface area contributed by atoms with Crippen molar-refractivity contribution in [2.75, 3.05) is 13.1 Å². The van der Waals surface area contributed by atoms with Gasteiger partial charge in [0.15, 0.2) is 0 Å². The summed E-state index contributed by atoms with van der Waals surface area (Å²) >= 11 is 0. The van der Waals surface area contributed by atoms with Gasteiger partial charge in [-0.2, -0.15) is 0 Å². The van der Waals surface area contributed by atoms with Crippen LogP contribution in [0.4, 0.5) is 5.69 Å². The third-order valence-electron chi connectivity index (χ3n) is 4.97. The Balaban J connectivity index is 1.82. The molecule has 1 aliphatic heterocycles. The third kappa shape index (κ3) is 3.00. The van der Waals surface area contributed by atoms with Crippen molar-refractivity contribution >= 4 is 16.5 Å². The summed E-state index contributed by atoms with van der Waals surface area (Å²) < 4.78 is 0. The molecule has 0 saturated carbocycles. The highest BCUT2D eigenvalue weighted by atomic mass is 15.5. The Hall–Kier alpha value is -2.75. The minimum absolute atomic E-state index is 0.922. The van der Waals surface area contributed by atoms with Crippen LogP contribution in [0.5, 0.6) is 0 Å². The van der Waals surface area contributed by atoms with Gasteiger partial charge in [-0.15, -0.1) is 5.11 Å². The van der Waals surface area contributed by atoms with Gasteiger partial charge < -0.3 is 0 Å². The molecule has 1 fully saturated rings. The van der Waals surface area contributed by atoms with Gasteiger partial charge in [-0.3, -0.25) is 9.99 Å². The van der Waals surface area contributed by atoms with E-state index in [1.54, 1.807) is 0 Å². The lowest BCUT2D eigenvalue weighted by atomic mass is 9.92. The van der Waals surface area contributed by atoms with E-state index in [9.17, 15) is 0 Å². The van der Waals surface area contributed by atoms with Crippen LogP contribution in [0.2, 0.25) is 0 Å². The van der Waals surface area contributed by atoms with Crippen LogP contribution in [0.25, 0.3) is 21.9 Å². The standard InChI is InChI=1S/C21H22N4/c1-15-13-19(16(2)17-9-10-22-14-20(15)17)18-7-3-4-8-21(18)23-24-25-11-5-6-12-25/h3-4,7-10,13-14H,5-6,11-12H2,1-2H3. The number of aromatic nitrogens is 1. The van der Waals surface area contributed by atoms with Crippen molar-refractivity contribution in [1.29, 1.82) is 0 Å². The summed E-state index contributed by atoms with van der Waals surface area (Å²) in [6, 6.07) is 12.6. The fraction of sp³-hybridized carbons (Fsp3) is 0.286. The Labute approximate surface area is 148 Å². The van der Waals surface area contributed by atoms with E-state index in [1.165, 1.54) is 40.3 Å². The fourth-order valence-corrected chi connectivity index (χ4v) is 3.55. The van der Waals surface area contributed by atoms with Crippen LogP contribution in [0.3, 0.4) is 0 Å². The van der Waals surface area contributed by atoms with Gasteiger partial charge in [0.1, 0.15) is 0 Å². The van der Waals surface area contributed by atoms with Gasteiger partial charge in [0.05, 0.1) is 5.69 Å². The molecule has 0 spiro atoms. The van der Waals surface area contributed by atoms with Gasteiger partial charge >= 0.3 is 0 Å². The topological polar surface area (TPSA) is 40.9 Å².